The Labute approximate surface area is 177 Å². The molecule has 0 saturated heterocycles. The first-order chi connectivity index (χ1) is 13.3. The quantitative estimate of drug-likeness (QED) is 0.644. The van der Waals surface area contributed by atoms with Crippen molar-refractivity contribution in [3.63, 3.8) is 0 Å². The summed E-state index contributed by atoms with van der Waals surface area (Å²) in [5.41, 5.74) is 1.10. The highest BCUT2D eigenvalue weighted by Crippen LogP contribution is 2.29. The van der Waals surface area contributed by atoms with Gasteiger partial charge < -0.3 is 5.32 Å². The minimum absolute atomic E-state index is 0.0648. The molecule has 28 heavy (non-hydrogen) atoms. The Morgan fingerprint density at radius 1 is 1.11 bits per heavy atom. The Morgan fingerprint density at radius 3 is 2.57 bits per heavy atom. The van der Waals surface area contributed by atoms with Crippen molar-refractivity contribution in [3.05, 3.63) is 63.6 Å². The molecule has 1 heterocycles. The molecule has 3 rings (SSSR count). The van der Waals surface area contributed by atoms with E-state index in [0.717, 1.165) is 5.56 Å². The molecule has 1 N–H and O–H groups in total. The Kier molecular flexibility index (Phi) is 6.54. The lowest BCUT2D eigenvalue weighted by atomic mass is 10.2. The Bertz CT molecular complexity index is 1030. The number of thioether (sulfide) groups is 1. The van der Waals surface area contributed by atoms with E-state index in [2.05, 4.69) is 5.32 Å². The SMILES string of the molecule is O=C(CN1C(=O)c2ccccc2S1(=O)=O)NCCSCc1ccc(Cl)c(Cl)c1. The van der Waals surface area contributed by atoms with Crippen LogP contribution in [-0.2, 0) is 20.6 Å². The number of halogens is 2. The van der Waals surface area contributed by atoms with Crippen molar-refractivity contribution in [3.8, 4) is 0 Å². The fraction of sp³-hybridized carbons (Fsp3) is 0.222. The van der Waals surface area contributed by atoms with Gasteiger partial charge in [-0.25, -0.2) is 12.7 Å². The maximum absolute atomic E-state index is 12.4. The van der Waals surface area contributed by atoms with E-state index in [-0.39, 0.29) is 10.5 Å². The number of benzene rings is 2. The number of nitrogens with one attached hydrogen (secondary N) is 1. The summed E-state index contributed by atoms with van der Waals surface area (Å²) < 4.78 is 25.4. The summed E-state index contributed by atoms with van der Waals surface area (Å²) in [5.74, 6) is 0.105. The third kappa shape index (κ3) is 4.46. The number of sulfonamides is 1. The lowest BCUT2D eigenvalue weighted by Crippen LogP contribution is -2.40. The van der Waals surface area contributed by atoms with Crippen molar-refractivity contribution in [2.75, 3.05) is 18.8 Å². The zero-order valence-corrected chi connectivity index (χ0v) is 17.7. The summed E-state index contributed by atoms with van der Waals surface area (Å²) in [4.78, 5) is 24.3. The molecule has 0 fully saturated rings. The van der Waals surface area contributed by atoms with E-state index in [4.69, 9.17) is 23.2 Å². The first kappa shape index (κ1) is 21.0. The van der Waals surface area contributed by atoms with Crippen LogP contribution >= 0.6 is 35.0 Å². The van der Waals surface area contributed by atoms with Crippen LogP contribution in [0.5, 0.6) is 0 Å². The number of carbonyl (C=O) groups is 2. The highest BCUT2D eigenvalue weighted by Gasteiger charge is 2.41. The Balaban J connectivity index is 1.46. The van der Waals surface area contributed by atoms with Crippen LogP contribution in [0.15, 0.2) is 47.4 Å². The average Bonchev–Trinajstić information content (AvgIpc) is 2.85. The van der Waals surface area contributed by atoms with Crippen LogP contribution in [0.3, 0.4) is 0 Å². The second kappa shape index (κ2) is 8.73. The van der Waals surface area contributed by atoms with Gasteiger partial charge in [0.25, 0.3) is 15.9 Å². The van der Waals surface area contributed by atoms with E-state index < -0.39 is 28.4 Å². The standard InChI is InChI=1S/C18H16Cl2N2O4S2/c19-14-6-5-12(9-15(14)20)11-27-8-7-21-17(23)10-22-18(24)13-3-1-2-4-16(13)28(22,25)26/h1-6,9H,7-8,10-11H2,(H,21,23). The number of rotatable bonds is 7. The molecule has 0 unspecified atom stereocenters. The molecule has 148 valence electrons. The van der Waals surface area contributed by atoms with Gasteiger partial charge >= 0.3 is 0 Å². The topological polar surface area (TPSA) is 83.6 Å². The monoisotopic (exact) mass is 458 g/mol. The fourth-order valence-electron chi connectivity index (χ4n) is 2.66. The van der Waals surface area contributed by atoms with Crippen molar-refractivity contribution in [1.82, 2.24) is 9.62 Å². The van der Waals surface area contributed by atoms with Gasteiger partial charge in [0.1, 0.15) is 11.4 Å². The lowest BCUT2D eigenvalue weighted by Gasteiger charge is -2.14. The van der Waals surface area contributed by atoms with E-state index >= 15 is 0 Å². The third-order valence-electron chi connectivity index (χ3n) is 4.02. The lowest BCUT2D eigenvalue weighted by molar-refractivity contribution is -0.120. The van der Waals surface area contributed by atoms with E-state index in [0.29, 0.717) is 32.4 Å². The van der Waals surface area contributed by atoms with Crippen molar-refractivity contribution in [1.29, 1.82) is 0 Å². The van der Waals surface area contributed by atoms with Crippen LogP contribution in [-0.4, -0.2) is 43.4 Å². The summed E-state index contributed by atoms with van der Waals surface area (Å²) in [6.45, 7) is -0.187. The smallest absolute Gasteiger partial charge is 0.269 e. The molecule has 1 aliphatic heterocycles. The predicted molar refractivity (Wildman–Crippen MR) is 110 cm³/mol. The molecule has 0 aromatic heterocycles. The molecule has 0 bridgehead atoms. The summed E-state index contributed by atoms with van der Waals surface area (Å²) in [7, 11) is -3.98. The molecule has 0 radical (unpaired) electrons. The maximum Gasteiger partial charge on any atom is 0.269 e. The molecule has 2 aromatic rings. The molecule has 0 saturated carbocycles. The first-order valence-electron chi connectivity index (χ1n) is 8.25. The first-order valence-corrected chi connectivity index (χ1v) is 11.6. The molecule has 0 spiro atoms. The van der Waals surface area contributed by atoms with Gasteiger partial charge in [-0.2, -0.15) is 11.8 Å². The highest BCUT2D eigenvalue weighted by molar-refractivity contribution is 7.98. The largest absolute Gasteiger partial charge is 0.354 e. The number of nitrogens with zero attached hydrogens (tertiary/aromatic N) is 1. The van der Waals surface area contributed by atoms with Crippen LogP contribution in [0.1, 0.15) is 15.9 Å². The van der Waals surface area contributed by atoms with Crippen LogP contribution in [0, 0.1) is 0 Å². The third-order valence-corrected chi connectivity index (χ3v) is 7.58. The van der Waals surface area contributed by atoms with Crippen molar-refractivity contribution in [2.24, 2.45) is 0 Å². The Hall–Kier alpha value is -1.74. The molecule has 6 nitrogen and oxygen atoms in total. The van der Waals surface area contributed by atoms with E-state index in [1.54, 1.807) is 36.0 Å². The van der Waals surface area contributed by atoms with Crippen LogP contribution < -0.4 is 5.32 Å². The molecular weight excluding hydrogens is 443 g/mol. The van der Waals surface area contributed by atoms with Gasteiger partial charge in [0.05, 0.1) is 15.6 Å². The molecule has 1 aliphatic rings. The van der Waals surface area contributed by atoms with E-state index in [1.807, 2.05) is 6.07 Å². The number of fused-ring (bicyclic) bond motifs is 1. The van der Waals surface area contributed by atoms with Crippen molar-refractivity contribution < 1.29 is 18.0 Å². The van der Waals surface area contributed by atoms with Gasteiger partial charge in [-0.3, -0.25) is 9.59 Å². The number of hydrogen-bond acceptors (Lipinski definition) is 5. The molecule has 2 amide bonds. The Morgan fingerprint density at radius 2 is 1.86 bits per heavy atom. The normalized spacial score (nSPS) is 14.8. The predicted octanol–water partition coefficient (Wildman–Crippen LogP) is 3.19. The summed E-state index contributed by atoms with van der Waals surface area (Å²) >= 11 is 13.4. The van der Waals surface area contributed by atoms with Crippen molar-refractivity contribution in [2.45, 2.75) is 10.6 Å². The number of carbonyl (C=O) groups excluding carboxylic acids is 2. The second-order valence-corrected chi connectivity index (χ2v) is 9.71. The molecule has 10 heteroatoms. The summed E-state index contributed by atoms with van der Waals surface area (Å²) in [6.07, 6.45) is 0. The molecule has 2 aromatic carbocycles. The van der Waals surface area contributed by atoms with Crippen LogP contribution in [0.2, 0.25) is 10.0 Å². The zero-order valence-electron chi connectivity index (χ0n) is 14.5. The number of amides is 2. The van der Waals surface area contributed by atoms with Gasteiger partial charge in [0.15, 0.2) is 0 Å². The van der Waals surface area contributed by atoms with Gasteiger partial charge in [-0.05, 0) is 29.8 Å². The van der Waals surface area contributed by atoms with E-state index in [1.165, 1.54) is 12.1 Å². The average molecular weight is 459 g/mol. The van der Waals surface area contributed by atoms with Crippen LogP contribution in [0.25, 0.3) is 0 Å². The van der Waals surface area contributed by atoms with Gasteiger partial charge in [-0.1, -0.05) is 41.4 Å². The minimum Gasteiger partial charge on any atom is -0.354 e. The highest BCUT2D eigenvalue weighted by atomic mass is 35.5. The molecule has 0 atom stereocenters. The van der Waals surface area contributed by atoms with Gasteiger partial charge in [0.2, 0.25) is 5.91 Å². The summed E-state index contributed by atoms with van der Waals surface area (Å²) in [6, 6.07) is 11.3. The van der Waals surface area contributed by atoms with Crippen LogP contribution in [0.4, 0.5) is 0 Å². The van der Waals surface area contributed by atoms with Gasteiger partial charge in [0, 0.05) is 18.1 Å². The second-order valence-electron chi connectivity index (χ2n) is 5.96. The summed E-state index contributed by atoms with van der Waals surface area (Å²) in [5, 5.41) is 3.62. The van der Waals surface area contributed by atoms with Crippen molar-refractivity contribution >= 4 is 56.8 Å². The molecule has 0 aliphatic carbocycles. The maximum atomic E-state index is 12.4. The fourth-order valence-corrected chi connectivity index (χ4v) is 5.31. The minimum atomic E-state index is -3.98. The number of hydrogen-bond donors (Lipinski definition) is 1. The van der Waals surface area contributed by atoms with E-state index in [9.17, 15) is 18.0 Å². The molecular formula is C18H16Cl2N2O4S2. The zero-order chi connectivity index (χ0) is 20.3. The van der Waals surface area contributed by atoms with Gasteiger partial charge in [-0.15, -0.1) is 0 Å².